The molecule has 0 heterocycles. The van der Waals surface area contributed by atoms with Crippen molar-refractivity contribution in [2.45, 2.75) is 33.1 Å². The average molecular weight is 208 g/mol. The Morgan fingerprint density at radius 1 is 1.13 bits per heavy atom. The molecular formula is C13H24N2. The second kappa shape index (κ2) is 9.63. The number of unbranched alkanes of at least 4 members (excludes halogenated alkanes) is 1. The van der Waals surface area contributed by atoms with E-state index in [1.54, 1.807) is 0 Å². The average Bonchev–Trinajstić information content (AvgIpc) is 2.21. The van der Waals surface area contributed by atoms with Crippen molar-refractivity contribution < 1.29 is 0 Å². The number of rotatable bonds is 9. The van der Waals surface area contributed by atoms with E-state index in [1.165, 1.54) is 0 Å². The lowest BCUT2D eigenvalue weighted by atomic mass is 9.93. The van der Waals surface area contributed by atoms with Gasteiger partial charge in [-0.2, -0.15) is 10.2 Å². The van der Waals surface area contributed by atoms with Gasteiger partial charge in [0.25, 0.3) is 0 Å². The van der Waals surface area contributed by atoms with Crippen molar-refractivity contribution in [2.75, 3.05) is 13.1 Å². The van der Waals surface area contributed by atoms with Gasteiger partial charge in [0.1, 0.15) is 0 Å². The van der Waals surface area contributed by atoms with E-state index in [4.69, 9.17) is 0 Å². The summed E-state index contributed by atoms with van der Waals surface area (Å²) in [7, 11) is 0. The molecule has 0 rings (SSSR count). The van der Waals surface area contributed by atoms with Crippen LogP contribution in [0.25, 0.3) is 0 Å². The van der Waals surface area contributed by atoms with Crippen molar-refractivity contribution in [1.82, 2.24) is 0 Å². The highest BCUT2D eigenvalue weighted by atomic mass is 15.1. The molecular weight excluding hydrogens is 184 g/mol. The van der Waals surface area contributed by atoms with E-state index in [0.717, 1.165) is 32.4 Å². The Balaban J connectivity index is 3.68. The topological polar surface area (TPSA) is 24.7 Å². The molecule has 0 radical (unpaired) electrons. The van der Waals surface area contributed by atoms with E-state index < -0.39 is 0 Å². The Hall–Kier alpha value is -0.920. The van der Waals surface area contributed by atoms with E-state index in [0.29, 0.717) is 11.8 Å². The molecule has 0 bridgehead atoms. The summed E-state index contributed by atoms with van der Waals surface area (Å²) in [6.45, 7) is 13.5. The fourth-order valence-electron chi connectivity index (χ4n) is 1.31. The summed E-state index contributed by atoms with van der Waals surface area (Å²) in [5.74, 6) is 1.24. The molecule has 0 aliphatic heterocycles. The van der Waals surface area contributed by atoms with Crippen molar-refractivity contribution in [3.8, 4) is 0 Å². The second-order valence-corrected chi connectivity index (χ2v) is 4.15. The molecule has 0 aliphatic rings. The monoisotopic (exact) mass is 208 g/mol. The van der Waals surface area contributed by atoms with Crippen molar-refractivity contribution in [1.29, 1.82) is 0 Å². The molecule has 2 heteroatoms. The maximum atomic E-state index is 4.23. The molecule has 15 heavy (non-hydrogen) atoms. The predicted octanol–water partition coefficient (Wildman–Crippen LogP) is 4.25. The first-order valence-corrected chi connectivity index (χ1v) is 5.77. The Morgan fingerprint density at radius 2 is 1.87 bits per heavy atom. The van der Waals surface area contributed by atoms with E-state index in [9.17, 15) is 0 Å². The third kappa shape index (κ3) is 8.10. The minimum atomic E-state index is 0.589. The molecule has 1 atom stereocenters. The fourth-order valence-corrected chi connectivity index (χ4v) is 1.31. The van der Waals surface area contributed by atoms with Gasteiger partial charge in [-0.25, -0.2) is 0 Å². The van der Waals surface area contributed by atoms with Crippen LogP contribution in [0, 0.1) is 11.8 Å². The summed E-state index contributed by atoms with van der Waals surface area (Å²) in [5.41, 5.74) is 0. The number of nitrogens with zero attached hydrogens (tertiary/aromatic N) is 2. The molecule has 0 spiro atoms. The summed E-state index contributed by atoms with van der Waals surface area (Å²) in [4.78, 5) is 0. The van der Waals surface area contributed by atoms with Crippen LogP contribution in [0.15, 0.2) is 35.5 Å². The van der Waals surface area contributed by atoms with Gasteiger partial charge in [-0.05, 0) is 31.1 Å². The fraction of sp³-hybridized carbons (Fsp3) is 0.692. The standard InChI is InChI=1S/C13H24N2/c1-5-7-8-10-14-15-11-13(9-6-2)12(3)4/h5-6,12-13H,1-2,7-11H2,3-4H3. The zero-order valence-corrected chi connectivity index (χ0v) is 10.2. The molecule has 2 nitrogen and oxygen atoms in total. The Kier molecular flexibility index (Phi) is 9.04. The van der Waals surface area contributed by atoms with Gasteiger partial charge < -0.3 is 0 Å². The van der Waals surface area contributed by atoms with Crippen LogP contribution >= 0.6 is 0 Å². The smallest absolute Gasteiger partial charge is 0.0632 e. The second-order valence-electron chi connectivity index (χ2n) is 4.15. The molecule has 0 aliphatic carbocycles. The predicted molar refractivity (Wildman–Crippen MR) is 67.2 cm³/mol. The highest BCUT2D eigenvalue weighted by Crippen LogP contribution is 2.15. The largest absolute Gasteiger partial charge is 0.194 e. The highest BCUT2D eigenvalue weighted by molar-refractivity contribution is 4.76. The van der Waals surface area contributed by atoms with Crippen LogP contribution in [0.4, 0.5) is 0 Å². The van der Waals surface area contributed by atoms with Crippen LogP contribution < -0.4 is 0 Å². The van der Waals surface area contributed by atoms with Crippen LogP contribution in [0.5, 0.6) is 0 Å². The maximum absolute atomic E-state index is 4.23. The summed E-state index contributed by atoms with van der Waals surface area (Å²) in [6.07, 6.45) is 7.01. The summed E-state index contributed by atoms with van der Waals surface area (Å²) in [5, 5.41) is 8.38. The zero-order valence-electron chi connectivity index (χ0n) is 10.2. The molecule has 0 N–H and O–H groups in total. The van der Waals surface area contributed by atoms with Gasteiger partial charge in [0.15, 0.2) is 0 Å². The Morgan fingerprint density at radius 3 is 2.40 bits per heavy atom. The van der Waals surface area contributed by atoms with Crippen LogP contribution in [0.3, 0.4) is 0 Å². The first-order valence-electron chi connectivity index (χ1n) is 5.77. The van der Waals surface area contributed by atoms with Gasteiger partial charge in [-0.1, -0.05) is 26.0 Å². The first kappa shape index (κ1) is 14.1. The quantitative estimate of drug-likeness (QED) is 0.307. The van der Waals surface area contributed by atoms with Gasteiger partial charge in [-0.3, -0.25) is 0 Å². The van der Waals surface area contributed by atoms with Gasteiger partial charge in [0.2, 0.25) is 0 Å². The van der Waals surface area contributed by atoms with Crippen LogP contribution in [0.1, 0.15) is 33.1 Å². The molecule has 0 saturated carbocycles. The summed E-state index contributed by atoms with van der Waals surface area (Å²) < 4.78 is 0. The van der Waals surface area contributed by atoms with Gasteiger partial charge in [0, 0.05) is 0 Å². The van der Waals surface area contributed by atoms with E-state index in [1.807, 2.05) is 12.2 Å². The third-order valence-electron chi connectivity index (χ3n) is 2.49. The molecule has 0 aromatic heterocycles. The molecule has 0 saturated heterocycles. The molecule has 0 fully saturated rings. The van der Waals surface area contributed by atoms with Gasteiger partial charge in [-0.15, -0.1) is 13.2 Å². The molecule has 0 amide bonds. The minimum absolute atomic E-state index is 0.589. The normalized spacial score (nSPS) is 13.3. The maximum Gasteiger partial charge on any atom is 0.0632 e. The Bertz CT molecular complexity index is 195. The van der Waals surface area contributed by atoms with E-state index in [2.05, 4.69) is 37.2 Å². The van der Waals surface area contributed by atoms with Crippen molar-refractivity contribution in [3.63, 3.8) is 0 Å². The minimum Gasteiger partial charge on any atom is -0.194 e. The molecule has 86 valence electrons. The third-order valence-corrected chi connectivity index (χ3v) is 2.49. The number of hydrogen-bond donors (Lipinski definition) is 0. The van der Waals surface area contributed by atoms with Crippen LogP contribution in [-0.2, 0) is 0 Å². The molecule has 0 aromatic carbocycles. The SMILES string of the molecule is C=CCCCN=NCC(CC=C)C(C)C. The summed E-state index contributed by atoms with van der Waals surface area (Å²) >= 11 is 0. The van der Waals surface area contributed by atoms with Gasteiger partial charge >= 0.3 is 0 Å². The lowest BCUT2D eigenvalue weighted by Crippen LogP contribution is -2.11. The highest BCUT2D eigenvalue weighted by Gasteiger charge is 2.10. The van der Waals surface area contributed by atoms with Crippen LogP contribution in [-0.4, -0.2) is 13.1 Å². The van der Waals surface area contributed by atoms with E-state index >= 15 is 0 Å². The first-order chi connectivity index (χ1) is 7.22. The number of azo groups is 1. The lowest BCUT2D eigenvalue weighted by Gasteiger charge is -2.15. The van der Waals surface area contributed by atoms with E-state index in [-0.39, 0.29) is 0 Å². The van der Waals surface area contributed by atoms with Gasteiger partial charge in [0.05, 0.1) is 13.1 Å². The molecule has 0 aromatic rings. The lowest BCUT2D eigenvalue weighted by molar-refractivity contribution is 0.392. The van der Waals surface area contributed by atoms with Crippen molar-refractivity contribution in [3.05, 3.63) is 25.3 Å². The van der Waals surface area contributed by atoms with Crippen molar-refractivity contribution in [2.24, 2.45) is 22.1 Å². The number of allylic oxidation sites excluding steroid dienone is 2. The number of hydrogen-bond acceptors (Lipinski definition) is 2. The van der Waals surface area contributed by atoms with Crippen molar-refractivity contribution >= 4 is 0 Å². The summed E-state index contributed by atoms with van der Waals surface area (Å²) in [6, 6.07) is 0. The van der Waals surface area contributed by atoms with Crippen LogP contribution in [0.2, 0.25) is 0 Å². The molecule has 1 unspecified atom stereocenters. The Labute approximate surface area is 94.2 Å². The zero-order chi connectivity index (χ0) is 11.5.